The van der Waals surface area contributed by atoms with Crippen LogP contribution in [0.4, 0.5) is 0 Å². The second-order valence-electron chi connectivity index (χ2n) is 12.9. The van der Waals surface area contributed by atoms with Crippen LogP contribution in [0.3, 0.4) is 0 Å². The molecule has 5 aromatic carbocycles. The number of nitrogens with zero attached hydrogens (tertiary/aromatic N) is 2. The van der Waals surface area contributed by atoms with Gasteiger partial charge in [-0.1, -0.05) is 129 Å². The van der Waals surface area contributed by atoms with E-state index < -0.39 is 13.7 Å². The minimum Gasteiger partial charge on any atom is -0.501 e. The molecule has 0 fully saturated rings. The van der Waals surface area contributed by atoms with Gasteiger partial charge in [-0.25, -0.2) is 0 Å². The molecule has 0 aliphatic rings. The summed E-state index contributed by atoms with van der Waals surface area (Å²) < 4.78 is 51.8. The zero-order valence-corrected chi connectivity index (χ0v) is 30.3. The van der Waals surface area contributed by atoms with Crippen molar-refractivity contribution in [3.63, 3.8) is 0 Å². The maximum atomic E-state index is 7.77. The van der Waals surface area contributed by atoms with Crippen LogP contribution in [0.15, 0.2) is 144 Å². The van der Waals surface area contributed by atoms with E-state index in [1.54, 1.807) is 12.1 Å². The van der Waals surface area contributed by atoms with E-state index in [1.807, 2.05) is 48.7 Å². The van der Waals surface area contributed by atoms with E-state index in [1.165, 1.54) is 35.0 Å². The molecule has 8 rings (SSSR count). The molecule has 8 aromatic rings. The summed E-state index contributed by atoms with van der Waals surface area (Å²) in [5.74, 6) is 0. The van der Waals surface area contributed by atoms with Gasteiger partial charge in [0.2, 0.25) is 0 Å². The Bertz CT molecular complexity index is 2590. The number of aromatic nitrogens is 2. The van der Waals surface area contributed by atoms with E-state index >= 15 is 0 Å². The summed E-state index contributed by atoms with van der Waals surface area (Å²) in [4.78, 5) is 8.83. The molecule has 3 aromatic heterocycles. The average molecular weight is 833 g/mol. The molecule has 50 heavy (non-hydrogen) atoms. The van der Waals surface area contributed by atoms with Gasteiger partial charge in [-0.3, -0.25) is 0 Å². The average Bonchev–Trinajstić information content (AvgIpc) is 3.56. The largest absolute Gasteiger partial charge is 0.501 e. The topological polar surface area (TPSA) is 38.9 Å². The fourth-order valence-corrected chi connectivity index (χ4v) is 5.82. The summed E-state index contributed by atoms with van der Waals surface area (Å²) in [6.07, 6.45) is 3.19. The van der Waals surface area contributed by atoms with Crippen molar-refractivity contribution >= 4 is 21.9 Å². The minimum absolute atomic E-state index is 0. The molecule has 4 heteroatoms. The van der Waals surface area contributed by atoms with Crippen LogP contribution >= 0.6 is 0 Å². The third-order valence-corrected chi connectivity index (χ3v) is 8.50. The summed E-state index contributed by atoms with van der Waals surface area (Å²) in [6, 6.07) is 46.9. The zero-order valence-electron chi connectivity index (χ0n) is 33.9. The third-order valence-electron chi connectivity index (χ3n) is 8.50. The van der Waals surface area contributed by atoms with Crippen LogP contribution in [-0.2, 0) is 25.5 Å². The van der Waals surface area contributed by atoms with Crippen molar-refractivity contribution in [2.24, 2.45) is 0 Å². The number of hydrogen-bond acceptors (Lipinski definition) is 3. The third kappa shape index (κ3) is 7.38. The summed E-state index contributed by atoms with van der Waals surface area (Å²) >= 11 is 0. The van der Waals surface area contributed by atoms with E-state index in [0.717, 1.165) is 38.8 Å². The van der Waals surface area contributed by atoms with Crippen molar-refractivity contribution in [3.05, 3.63) is 169 Å². The van der Waals surface area contributed by atoms with Crippen LogP contribution in [0, 0.1) is 25.8 Å². The number of fused-ring (bicyclic) bond motifs is 3. The maximum absolute atomic E-state index is 7.77. The first-order valence-corrected chi connectivity index (χ1v) is 16.1. The standard InChI is InChI=1S/C27H22NO.C19H16N.Ir/c1-27(2,3)20-14-15-28-24(17-20)22-11-7-10-21-23-16-19(18-8-5-4-6-9-18)12-13-25(23)29-26(21)22;1-14-8-11-19(20-13-14)17-10-9-15(2)18(12-17)16-6-4-3-5-7-16;/h4-10,12-17H,1-3H3;3-9,11-13H,1-2H3;/q2*-1;/i;1D3,2D3;. The molecule has 0 amide bonds. The summed E-state index contributed by atoms with van der Waals surface area (Å²) in [7, 11) is 0. The first-order valence-electron chi connectivity index (χ1n) is 19.1. The Morgan fingerprint density at radius 3 is 2.16 bits per heavy atom. The number of rotatable bonds is 4. The van der Waals surface area contributed by atoms with Gasteiger partial charge in [0.25, 0.3) is 0 Å². The van der Waals surface area contributed by atoms with Gasteiger partial charge in [0, 0.05) is 46.1 Å². The van der Waals surface area contributed by atoms with Crippen molar-refractivity contribution in [3.8, 4) is 44.8 Å². The normalized spacial score (nSPS) is 13.4. The minimum atomic E-state index is -2.27. The van der Waals surface area contributed by atoms with Gasteiger partial charge in [-0.2, -0.15) is 0 Å². The molecular weight excluding hydrogens is 789 g/mol. The van der Waals surface area contributed by atoms with Gasteiger partial charge >= 0.3 is 0 Å². The summed E-state index contributed by atoms with van der Waals surface area (Å²) in [6.45, 7) is 2.16. The van der Waals surface area contributed by atoms with E-state index in [4.69, 9.17) is 12.6 Å². The van der Waals surface area contributed by atoms with E-state index in [-0.39, 0.29) is 36.6 Å². The number of hydrogen-bond donors (Lipinski definition) is 0. The fraction of sp³-hybridized carbons (Fsp3) is 0.130. The summed E-state index contributed by atoms with van der Waals surface area (Å²) in [5, 5.41) is 2.21. The molecule has 0 bridgehead atoms. The Morgan fingerprint density at radius 1 is 0.680 bits per heavy atom. The van der Waals surface area contributed by atoms with Gasteiger partial charge < -0.3 is 14.4 Å². The van der Waals surface area contributed by atoms with Gasteiger partial charge in [0.05, 0.1) is 5.58 Å². The van der Waals surface area contributed by atoms with Gasteiger partial charge in [-0.15, -0.1) is 47.5 Å². The molecule has 0 saturated heterocycles. The van der Waals surface area contributed by atoms with Crippen LogP contribution in [0.1, 0.15) is 45.7 Å². The SMILES string of the molecule is CC(C)(C)c1ccnc(-c2[c-]ccc3c2oc2ccc(-c4ccccc4)cc23)c1.[2H]C([2H])([2H])c1ccc(-c2[c-]cc(C([2H])([2H])[2H])c(-c3ccccc3)c2)nc1.[Ir]. The first kappa shape index (κ1) is 27.6. The van der Waals surface area contributed by atoms with Crippen molar-refractivity contribution < 1.29 is 32.7 Å². The Morgan fingerprint density at radius 2 is 1.46 bits per heavy atom. The molecule has 3 nitrogen and oxygen atoms in total. The van der Waals surface area contributed by atoms with Gasteiger partial charge in [0.1, 0.15) is 5.58 Å². The van der Waals surface area contributed by atoms with Crippen LogP contribution in [0.2, 0.25) is 0 Å². The molecule has 0 aliphatic carbocycles. The first-order chi connectivity index (χ1) is 26.2. The molecule has 3 heterocycles. The quantitative estimate of drug-likeness (QED) is 0.166. The number of aryl methyl sites for hydroxylation is 2. The van der Waals surface area contributed by atoms with Crippen molar-refractivity contribution in [1.82, 2.24) is 9.97 Å². The van der Waals surface area contributed by atoms with Crippen molar-refractivity contribution in [2.75, 3.05) is 0 Å². The predicted octanol–water partition coefficient (Wildman–Crippen LogP) is 12.2. The molecule has 0 atom stereocenters. The van der Waals surface area contributed by atoms with Crippen molar-refractivity contribution in [1.29, 1.82) is 0 Å². The van der Waals surface area contributed by atoms with Crippen LogP contribution in [-0.4, -0.2) is 9.97 Å². The monoisotopic (exact) mass is 833 g/mol. The van der Waals surface area contributed by atoms with Gasteiger partial charge in [-0.05, 0) is 69.7 Å². The van der Waals surface area contributed by atoms with Crippen molar-refractivity contribution in [2.45, 2.75) is 39.9 Å². The molecule has 249 valence electrons. The zero-order chi connectivity index (χ0) is 39.0. The maximum Gasteiger partial charge on any atom is 0.120 e. The number of furan rings is 1. The van der Waals surface area contributed by atoms with Crippen LogP contribution < -0.4 is 0 Å². The van der Waals surface area contributed by atoms with E-state index in [2.05, 4.69) is 104 Å². The smallest absolute Gasteiger partial charge is 0.120 e. The van der Waals surface area contributed by atoms with Crippen LogP contribution in [0.5, 0.6) is 0 Å². The Labute approximate surface area is 316 Å². The molecule has 0 saturated carbocycles. The fourth-order valence-electron chi connectivity index (χ4n) is 5.82. The van der Waals surface area contributed by atoms with Gasteiger partial charge in [0.15, 0.2) is 0 Å². The van der Waals surface area contributed by atoms with Crippen LogP contribution in [0.25, 0.3) is 66.7 Å². The number of pyridine rings is 2. The number of benzene rings is 5. The van der Waals surface area contributed by atoms with E-state index in [9.17, 15) is 0 Å². The molecule has 0 N–H and O–H groups in total. The Hall–Kier alpha value is -5.15. The molecule has 0 aliphatic heterocycles. The molecule has 0 unspecified atom stereocenters. The Kier molecular flexibility index (Phi) is 8.16. The predicted molar refractivity (Wildman–Crippen MR) is 203 cm³/mol. The summed E-state index contributed by atoms with van der Waals surface area (Å²) in [5.41, 5.74) is 10.1. The molecule has 1 radical (unpaired) electrons. The second kappa shape index (κ2) is 14.8. The van der Waals surface area contributed by atoms with E-state index in [0.29, 0.717) is 16.8 Å². The Balaban J connectivity index is 0.000000188. The molecular formula is C46H38IrN2O-2. The second-order valence-corrected chi connectivity index (χ2v) is 12.9. The molecule has 0 spiro atoms.